The standard InChI is InChI=1S/C14H12ClFN2O/c1-8-5-6-9(7-11(8)16)19-12-4-2-3-10(15)13(12)14(17)18/h2-7H,1H3,(H3,17,18). The molecule has 0 aliphatic rings. The van der Waals surface area contributed by atoms with Gasteiger partial charge in [-0.25, -0.2) is 4.39 Å². The molecule has 98 valence electrons. The zero-order valence-corrected chi connectivity index (χ0v) is 11.0. The van der Waals surface area contributed by atoms with E-state index in [1.807, 2.05) is 0 Å². The average Bonchev–Trinajstić information content (AvgIpc) is 2.33. The van der Waals surface area contributed by atoms with Crippen LogP contribution in [0.1, 0.15) is 11.1 Å². The van der Waals surface area contributed by atoms with Crippen LogP contribution < -0.4 is 10.5 Å². The summed E-state index contributed by atoms with van der Waals surface area (Å²) in [6, 6.07) is 9.45. The molecule has 3 nitrogen and oxygen atoms in total. The Balaban J connectivity index is 2.40. The highest BCUT2D eigenvalue weighted by atomic mass is 35.5. The number of aryl methyl sites for hydroxylation is 1. The van der Waals surface area contributed by atoms with Crippen molar-refractivity contribution in [3.8, 4) is 11.5 Å². The van der Waals surface area contributed by atoms with Crippen molar-refractivity contribution in [2.45, 2.75) is 6.92 Å². The van der Waals surface area contributed by atoms with Crippen LogP contribution in [0.15, 0.2) is 36.4 Å². The number of ether oxygens (including phenoxy) is 1. The lowest BCUT2D eigenvalue weighted by molar-refractivity contribution is 0.475. The van der Waals surface area contributed by atoms with Crippen LogP contribution in [-0.4, -0.2) is 5.84 Å². The molecule has 19 heavy (non-hydrogen) atoms. The number of nitrogens with one attached hydrogen (secondary N) is 1. The first-order valence-corrected chi connectivity index (χ1v) is 5.93. The fraction of sp³-hybridized carbons (Fsp3) is 0.0714. The van der Waals surface area contributed by atoms with E-state index in [1.165, 1.54) is 6.07 Å². The molecule has 2 aromatic carbocycles. The topological polar surface area (TPSA) is 59.1 Å². The van der Waals surface area contributed by atoms with E-state index in [-0.39, 0.29) is 11.7 Å². The summed E-state index contributed by atoms with van der Waals surface area (Å²) in [5, 5.41) is 7.82. The second kappa shape index (κ2) is 5.28. The van der Waals surface area contributed by atoms with Crippen LogP contribution in [0.5, 0.6) is 11.5 Å². The Hall–Kier alpha value is -2.07. The van der Waals surface area contributed by atoms with Gasteiger partial charge in [-0.15, -0.1) is 0 Å². The summed E-state index contributed by atoms with van der Waals surface area (Å²) in [5.74, 6) is 0.0909. The zero-order chi connectivity index (χ0) is 14.0. The Morgan fingerprint density at radius 3 is 2.68 bits per heavy atom. The third-order valence-corrected chi connectivity index (χ3v) is 2.93. The van der Waals surface area contributed by atoms with Crippen molar-refractivity contribution in [2.75, 3.05) is 0 Å². The first-order chi connectivity index (χ1) is 8.99. The van der Waals surface area contributed by atoms with Gasteiger partial charge in [-0.1, -0.05) is 23.7 Å². The van der Waals surface area contributed by atoms with Gasteiger partial charge >= 0.3 is 0 Å². The molecule has 3 N–H and O–H groups in total. The Morgan fingerprint density at radius 2 is 2.05 bits per heavy atom. The molecule has 2 rings (SSSR count). The molecule has 0 atom stereocenters. The van der Waals surface area contributed by atoms with Crippen LogP contribution in [0.3, 0.4) is 0 Å². The van der Waals surface area contributed by atoms with Crippen molar-refractivity contribution in [1.82, 2.24) is 0 Å². The van der Waals surface area contributed by atoms with E-state index in [1.54, 1.807) is 37.3 Å². The number of amidine groups is 1. The summed E-state index contributed by atoms with van der Waals surface area (Å²) in [6.45, 7) is 1.67. The maximum Gasteiger partial charge on any atom is 0.139 e. The van der Waals surface area contributed by atoms with Crippen LogP contribution in [0.4, 0.5) is 4.39 Å². The molecule has 0 radical (unpaired) electrons. The molecule has 0 aromatic heterocycles. The van der Waals surface area contributed by atoms with Crippen molar-refractivity contribution in [1.29, 1.82) is 5.41 Å². The number of halogens is 2. The van der Waals surface area contributed by atoms with E-state index < -0.39 is 0 Å². The second-order valence-corrected chi connectivity index (χ2v) is 4.45. The summed E-state index contributed by atoms with van der Waals surface area (Å²) in [4.78, 5) is 0. The minimum absolute atomic E-state index is 0.201. The molecular weight excluding hydrogens is 267 g/mol. The quantitative estimate of drug-likeness (QED) is 0.661. The van der Waals surface area contributed by atoms with Gasteiger partial charge < -0.3 is 10.5 Å². The maximum absolute atomic E-state index is 13.4. The van der Waals surface area contributed by atoms with Gasteiger partial charge in [-0.2, -0.15) is 0 Å². The van der Waals surface area contributed by atoms with Crippen LogP contribution in [0.2, 0.25) is 5.02 Å². The number of benzene rings is 2. The van der Waals surface area contributed by atoms with Gasteiger partial charge in [0.1, 0.15) is 23.2 Å². The molecule has 2 aromatic rings. The lowest BCUT2D eigenvalue weighted by atomic mass is 10.2. The third-order valence-electron chi connectivity index (χ3n) is 2.62. The molecule has 5 heteroatoms. The Bertz CT molecular complexity index is 643. The molecule has 0 aliphatic carbocycles. The molecule has 0 saturated carbocycles. The monoisotopic (exact) mass is 278 g/mol. The van der Waals surface area contributed by atoms with Gasteiger partial charge in [0, 0.05) is 6.07 Å². The third kappa shape index (κ3) is 2.85. The van der Waals surface area contributed by atoms with E-state index in [2.05, 4.69) is 0 Å². The fourth-order valence-electron chi connectivity index (χ4n) is 1.61. The van der Waals surface area contributed by atoms with E-state index >= 15 is 0 Å². The minimum Gasteiger partial charge on any atom is -0.456 e. The first-order valence-electron chi connectivity index (χ1n) is 5.56. The highest BCUT2D eigenvalue weighted by molar-refractivity contribution is 6.34. The number of rotatable bonds is 3. The molecule has 0 heterocycles. The van der Waals surface area contributed by atoms with E-state index in [4.69, 9.17) is 27.5 Å². The molecule has 0 bridgehead atoms. The van der Waals surface area contributed by atoms with Gasteiger partial charge in [0.05, 0.1) is 10.6 Å². The van der Waals surface area contributed by atoms with Gasteiger partial charge in [0.25, 0.3) is 0 Å². The van der Waals surface area contributed by atoms with Gasteiger partial charge in [0.15, 0.2) is 0 Å². The molecule has 0 saturated heterocycles. The molecule has 0 unspecified atom stereocenters. The van der Waals surface area contributed by atoms with Crippen molar-refractivity contribution < 1.29 is 9.13 Å². The van der Waals surface area contributed by atoms with E-state index in [0.29, 0.717) is 27.6 Å². The smallest absolute Gasteiger partial charge is 0.139 e. The lowest BCUT2D eigenvalue weighted by Gasteiger charge is -2.12. The predicted octanol–water partition coefficient (Wildman–Crippen LogP) is 3.86. The predicted molar refractivity (Wildman–Crippen MR) is 73.7 cm³/mol. The number of hydrogen-bond donors (Lipinski definition) is 2. The van der Waals surface area contributed by atoms with Crippen LogP contribution >= 0.6 is 11.6 Å². The van der Waals surface area contributed by atoms with Crippen molar-refractivity contribution >= 4 is 17.4 Å². The van der Waals surface area contributed by atoms with Crippen molar-refractivity contribution in [3.63, 3.8) is 0 Å². The summed E-state index contributed by atoms with van der Waals surface area (Å²) in [7, 11) is 0. The average molecular weight is 279 g/mol. The Morgan fingerprint density at radius 1 is 1.32 bits per heavy atom. The summed E-state index contributed by atoms with van der Waals surface area (Å²) >= 11 is 5.97. The highest BCUT2D eigenvalue weighted by Gasteiger charge is 2.12. The van der Waals surface area contributed by atoms with Crippen molar-refractivity contribution in [3.05, 3.63) is 58.4 Å². The van der Waals surface area contributed by atoms with Crippen LogP contribution in [0, 0.1) is 18.2 Å². The minimum atomic E-state index is -0.357. The van der Waals surface area contributed by atoms with Gasteiger partial charge in [0.2, 0.25) is 0 Å². The normalized spacial score (nSPS) is 10.3. The van der Waals surface area contributed by atoms with Gasteiger partial charge in [-0.3, -0.25) is 5.41 Å². The molecule has 0 aliphatic heterocycles. The summed E-state index contributed by atoms with van der Waals surface area (Å²) < 4.78 is 19.0. The summed E-state index contributed by atoms with van der Waals surface area (Å²) in [5.41, 5.74) is 6.30. The Labute approximate surface area is 115 Å². The van der Waals surface area contributed by atoms with Crippen LogP contribution in [0.25, 0.3) is 0 Å². The lowest BCUT2D eigenvalue weighted by Crippen LogP contribution is -2.13. The second-order valence-electron chi connectivity index (χ2n) is 4.04. The first kappa shape index (κ1) is 13.4. The largest absolute Gasteiger partial charge is 0.456 e. The number of nitrogen functional groups attached to an aromatic ring is 1. The maximum atomic E-state index is 13.4. The number of hydrogen-bond acceptors (Lipinski definition) is 2. The molecule has 0 fully saturated rings. The molecular formula is C14H12ClFN2O. The SMILES string of the molecule is Cc1ccc(Oc2cccc(Cl)c2C(=N)N)cc1F. The van der Waals surface area contributed by atoms with E-state index in [9.17, 15) is 4.39 Å². The van der Waals surface area contributed by atoms with Crippen molar-refractivity contribution in [2.24, 2.45) is 5.73 Å². The highest BCUT2D eigenvalue weighted by Crippen LogP contribution is 2.30. The zero-order valence-electron chi connectivity index (χ0n) is 10.2. The Kier molecular flexibility index (Phi) is 3.71. The summed E-state index contributed by atoms with van der Waals surface area (Å²) in [6.07, 6.45) is 0. The number of nitrogens with two attached hydrogens (primary N) is 1. The fourth-order valence-corrected chi connectivity index (χ4v) is 1.88. The molecule has 0 amide bonds. The van der Waals surface area contributed by atoms with E-state index in [0.717, 1.165) is 0 Å². The van der Waals surface area contributed by atoms with Gasteiger partial charge in [-0.05, 0) is 30.7 Å². The van der Waals surface area contributed by atoms with Crippen LogP contribution in [-0.2, 0) is 0 Å². The molecule has 0 spiro atoms.